The molecule has 1 nitrogen and oxygen atoms in total. The number of halogens is 1. The van der Waals surface area contributed by atoms with Gasteiger partial charge in [0.1, 0.15) is 0 Å². The van der Waals surface area contributed by atoms with Crippen LogP contribution in [-0.4, -0.2) is 16.1 Å². The predicted octanol–water partition coefficient (Wildman–Crippen LogP) is 3.19. The second-order valence-electron chi connectivity index (χ2n) is 2.57. The summed E-state index contributed by atoms with van der Waals surface area (Å²) >= 11 is 7.40. The molecule has 1 aromatic rings. The molecule has 0 saturated heterocycles. The van der Waals surface area contributed by atoms with E-state index in [4.69, 9.17) is 11.6 Å². The van der Waals surface area contributed by atoms with Gasteiger partial charge in [-0.05, 0) is 18.6 Å². The van der Waals surface area contributed by atoms with Crippen molar-refractivity contribution in [2.24, 2.45) is 0 Å². The van der Waals surface area contributed by atoms with Gasteiger partial charge in [0.05, 0.1) is 5.03 Å². The summed E-state index contributed by atoms with van der Waals surface area (Å²) in [5.74, 6) is 0.723. The monoisotopic (exact) mass is 201 g/mol. The maximum atomic E-state index is 5.63. The summed E-state index contributed by atoms with van der Waals surface area (Å²) in [7, 11) is 0. The average Bonchev–Trinajstić information content (AvgIpc) is 2.06. The maximum Gasteiger partial charge on any atom is 0.0962 e. The molecule has 66 valence electrons. The van der Waals surface area contributed by atoms with Crippen molar-refractivity contribution in [2.75, 3.05) is 5.88 Å². The molecule has 1 aromatic heterocycles. The molecule has 0 aliphatic carbocycles. The SMILES string of the molecule is CC(CCCl)Sc1ccccn1. The van der Waals surface area contributed by atoms with Crippen LogP contribution in [0.25, 0.3) is 0 Å². The summed E-state index contributed by atoms with van der Waals surface area (Å²) in [5, 5.41) is 1.63. The van der Waals surface area contributed by atoms with Gasteiger partial charge in [-0.3, -0.25) is 0 Å². The highest BCUT2D eigenvalue weighted by molar-refractivity contribution is 7.99. The molecule has 0 radical (unpaired) electrons. The topological polar surface area (TPSA) is 12.9 Å². The maximum absolute atomic E-state index is 5.63. The van der Waals surface area contributed by atoms with Gasteiger partial charge in [0.15, 0.2) is 0 Å². The first kappa shape index (κ1) is 9.87. The predicted molar refractivity (Wildman–Crippen MR) is 54.9 cm³/mol. The fraction of sp³-hybridized carbons (Fsp3) is 0.444. The van der Waals surface area contributed by atoms with E-state index < -0.39 is 0 Å². The van der Waals surface area contributed by atoms with Crippen LogP contribution in [0.5, 0.6) is 0 Å². The van der Waals surface area contributed by atoms with Gasteiger partial charge in [-0.1, -0.05) is 13.0 Å². The number of hydrogen-bond donors (Lipinski definition) is 0. The lowest BCUT2D eigenvalue weighted by atomic mass is 10.4. The first-order valence-corrected chi connectivity index (χ1v) is 5.38. The largest absolute Gasteiger partial charge is 0.250 e. The zero-order valence-electron chi connectivity index (χ0n) is 7.03. The Morgan fingerprint density at radius 2 is 2.42 bits per heavy atom. The average molecular weight is 202 g/mol. The van der Waals surface area contributed by atoms with Crippen LogP contribution in [0.2, 0.25) is 0 Å². The number of thioether (sulfide) groups is 1. The number of pyridine rings is 1. The van der Waals surface area contributed by atoms with Gasteiger partial charge in [-0.2, -0.15) is 0 Å². The molecule has 0 N–H and O–H groups in total. The number of nitrogens with zero attached hydrogens (tertiary/aromatic N) is 1. The molecule has 0 aliphatic rings. The van der Waals surface area contributed by atoms with E-state index in [1.165, 1.54) is 0 Å². The normalized spacial score (nSPS) is 12.8. The molecule has 1 heterocycles. The fourth-order valence-electron chi connectivity index (χ4n) is 0.836. The van der Waals surface area contributed by atoms with E-state index in [9.17, 15) is 0 Å². The van der Waals surface area contributed by atoms with E-state index in [2.05, 4.69) is 11.9 Å². The Bertz CT molecular complexity index is 215. The standard InChI is InChI=1S/C9H12ClNS/c1-8(5-6-10)12-9-4-2-3-7-11-9/h2-4,7-8H,5-6H2,1H3. The third-order valence-corrected chi connectivity index (χ3v) is 2.81. The van der Waals surface area contributed by atoms with Crippen LogP contribution < -0.4 is 0 Å². The molecule has 1 rings (SSSR count). The van der Waals surface area contributed by atoms with Crippen molar-refractivity contribution in [3.05, 3.63) is 24.4 Å². The minimum Gasteiger partial charge on any atom is -0.250 e. The fourth-order valence-corrected chi connectivity index (χ4v) is 2.22. The third-order valence-electron chi connectivity index (χ3n) is 1.48. The number of hydrogen-bond acceptors (Lipinski definition) is 2. The highest BCUT2D eigenvalue weighted by Gasteiger charge is 2.03. The molecule has 0 amide bonds. The lowest BCUT2D eigenvalue weighted by Gasteiger charge is -2.06. The van der Waals surface area contributed by atoms with E-state index in [0.29, 0.717) is 5.25 Å². The first-order chi connectivity index (χ1) is 5.83. The molecular formula is C9H12ClNS. The Morgan fingerprint density at radius 1 is 1.58 bits per heavy atom. The van der Waals surface area contributed by atoms with Crippen molar-refractivity contribution in [1.82, 2.24) is 4.98 Å². The molecule has 0 bridgehead atoms. The van der Waals surface area contributed by atoms with Crippen molar-refractivity contribution in [3.63, 3.8) is 0 Å². The zero-order valence-corrected chi connectivity index (χ0v) is 8.61. The van der Waals surface area contributed by atoms with Gasteiger partial charge in [0.25, 0.3) is 0 Å². The summed E-state index contributed by atoms with van der Waals surface area (Å²) in [5.41, 5.74) is 0. The summed E-state index contributed by atoms with van der Waals surface area (Å²) < 4.78 is 0. The number of rotatable bonds is 4. The summed E-state index contributed by atoms with van der Waals surface area (Å²) in [4.78, 5) is 4.22. The molecule has 1 atom stereocenters. The van der Waals surface area contributed by atoms with Gasteiger partial charge in [-0.15, -0.1) is 23.4 Å². The molecule has 0 saturated carbocycles. The minimum atomic E-state index is 0.553. The lowest BCUT2D eigenvalue weighted by Crippen LogP contribution is -1.96. The van der Waals surface area contributed by atoms with E-state index in [-0.39, 0.29) is 0 Å². The van der Waals surface area contributed by atoms with E-state index in [1.807, 2.05) is 24.4 Å². The molecule has 0 aliphatic heterocycles. The zero-order chi connectivity index (χ0) is 8.81. The Kier molecular flexibility index (Phi) is 4.48. The number of aromatic nitrogens is 1. The lowest BCUT2D eigenvalue weighted by molar-refractivity contribution is 0.907. The second-order valence-corrected chi connectivity index (χ2v) is 4.41. The van der Waals surface area contributed by atoms with E-state index >= 15 is 0 Å². The van der Waals surface area contributed by atoms with Crippen LogP contribution in [0.4, 0.5) is 0 Å². The van der Waals surface area contributed by atoms with Gasteiger partial charge in [0, 0.05) is 17.3 Å². The van der Waals surface area contributed by atoms with Crippen LogP contribution in [-0.2, 0) is 0 Å². The van der Waals surface area contributed by atoms with Crippen LogP contribution >= 0.6 is 23.4 Å². The van der Waals surface area contributed by atoms with E-state index in [0.717, 1.165) is 17.3 Å². The van der Waals surface area contributed by atoms with Gasteiger partial charge < -0.3 is 0 Å². The van der Waals surface area contributed by atoms with Crippen LogP contribution in [0.3, 0.4) is 0 Å². The molecule has 0 aromatic carbocycles. The van der Waals surface area contributed by atoms with Crippen molar-refractivity contribution < 1.29 is 0 Å². The minimum absolute atomic E-state index is 0.553. The molecule has 0 fully saturated rings. The molecular weight excluding hydrogens is 190 g/mol. The molecule has 0 spiro atoms. The van der Waals surface area contributed by atoms with Gasteiger partial charge in [-0.25, -0.2) is 4.98 Å². The number of alkyl halides is 1. The Labute approximate surface area is 82.5 Å². The highest BCUT2D eigenvalue weighted by Crippen LogP contribution is 2.22. The Balaban J connectivity index is 2.41. The summed E-state index contributed by atoms with van der Waals surface area (Å²) in [6.45, 7) is 2.17. The molecule has 3 heteroatoms. The van der Waals surface area contributed by atoms with Gasteiger partial charge >= 0.3 is 0 Å². The highest BCUT2D eigenvalue weighted by atomic mass is 35.5. The quantitative estimate of drug-likeness (QED) is 0.548. The summed E-state index contributed by atoms with van der Waals surface area (Å²) in [6, 6.07) is 5.95. The van der Waals surface area contributed by atoms with Crippen molar-refractivity contribution in [1.29, 1.82) is 0 Å². The smallest absolute Gasteiger partial charge is 0.0962 e. The van der Waals surface area contributed by atoms with Crippen LogP contribution in [0.15, 0.2) is 29.4 Å². The second kappa shape index (κ2) is 5.44. The Hall–Kier alpha value is -0.210. The van der Waals surface area contributed by atoms with Crippen molar-refractivity contribution >= 4 is 23.4 Å². The Morgan fingerprint density at radius 3 is 3.00 bits per heavy atom. The molecule has 1 unspecified atom stereocenters. The van der Waals surface area contributed by atoms with E-state index in [1.54, 1.807) is 11.8 Å². The van der Waals surface area contributed by atoms with Crippen molar-refractivity contribution in [2.45, 2.75) is 23.6 Å². The first-order valence-electron chi connectivity index (χ1n) is 3.96. The van der Waals surface area contributed by atoms with Crippen molar-refractivity contribution in [3.8, 4) is 0 Å². The summed E-state index contributed by atoms with van der Waals surface area (Å²) in [6.07, 6.45) is 2.85. The third kappa shape index (κ3) is 3.46. The van der Waals surface area contributed by atoms with Crippen LogP contribution in [0.1, 0.15) is 13.3 Å². The van der Waals surface area contributed by atoms with Crippen LogP contribution in [0, 0.1) is 0 Å². The molecule has 12 heavy (non-hydrogen) atoms. The van der Waals surface area contributed by atoms with Gasteiger partial charge in [0.2, 0.25) is 0 Å².